The second kappa shape index (κ2) is 5.36. The average Bonchev–Trinajstić information content (AvgIpc) is 2.29. The van der Waals surface area contributed by atoms with Crippen LogP contribution in [0.3, 0.4) is 0 Å². The van der Waals surface area contributed by atoms with Gasteiger partial charge >= 0.3 is 0 Å². The van der Waals surface area contributed by atoms with Gasteiger partial charge in [0, 0.05) is 28.9 Å². The van der Waals surface area contributed by atoms with Crippen LogP contribution < -0.4 is 10.6 Å². The van der Waals surface area contributed by atoms with Gasteiger partial charge in [-0.3, -0.25) is 9.00 Å². The molecule has 0 aliphatic carbocycles. The van der Waals surface area contributed by atoms with Crippen LogP contribution in [-0.2, 0) is 15.6 Å². The number of fused-ring (bicyclic) bond motifs is 1. The number of anilines is 2. The molecular formula is C11H12BrFN2O2S. The molecule has 18 heavy (non-hydrogen) atoms. The van der Waals surface area contributed by atoms with E-state index < -0.39 is 22.7 Å². The van der Waals surface area contributed by atoms with Gasteiger partial charge in [0.2, 0.25) is 5.91 Å². The Kier molecular flexibility index (Phi) is 4.01. The Morgan fingerprint density at radius 1 is 1.44 bits per heavy atom. The number of hydrogen-bond acceptors (Lipinski definition) is 3. The molecule has 4 nitrogen and oxygen atoms in total. The summed E-state index contributed by atoms with van der Waals surface area (Å²) in [5, 5.41) is 5.67. The van der Waals surface area contributed by atoms with Crippen molar-refractivity contribution < 1.29 is 13.4 Å². The molecule has 7 heteroatoms. The minimum atomic E-state index is -0.937. The van der Waals surface area contributed by atoms with Gasteiger partial charge in [0.05, 0.1) is 15.8 Å². The Labute approximate surface area is 115 Å². The molecule has 98 valence electrons. The quantitative estimate of drug-likeness (QED) is 0.889. The summed E-state index contributed by atoms with van der Waals surface area (Å²) in [7, 11) is -0.937. The largest absolute Gasteiger partial charge is 0.372 e. The first-order chi connectivity index (χ1) is 8.47. The third-order valence-electron chi connectivity index (χ3n) is 2.66. The van der Waals surface area contributed by atoms with E-state index in [0.29, 0.717) is 28.0 Å². The van der Waals surface area contributed by atoms with E-state index in [4.69, 9.17) is 0 Å². The number of amides is 1. The highest BCUT2D eigenvalue weighted by molar-refractivity contribution is 9.10. The lowest BCUT2D eigenvalue weighted by atomic mass is 10.1. The van der Waals surface area contributed by atoms with E-state index in [-0.39, 0.29) is 5.91 Å². The van der Waals surface area contributed by atoms with E-state index in [1.54, 1.807) is 12.3 Å². The fraction of sp³-hybridized carbons (Fsp3) is 0.364. The first-order valence-electron chi connectivity index (χ1n) is 5.34. The molecule has 1 amide bonds. The molecule has 1 heterocycles. The predicted octanol–water partition coefficient (Wildman–Crippen LogP) is 2.09. The van der Waals surface area contributed by atoms with Crippen LogP contribution in [0.1, 0.15) is 6.42 Å². The molecule has 1 aliphatic heterocycles. The summed E-state index contributed by atoms with van der Waals surface area (Å²) in [5.41, 5.74) is 1.09. The highest BCUT2D eigenvalue weighted by Crippen LogP contribution is 2.32. The molecule has 1 aromatic carbocycles. The lowest BCUT2D eigenvalue weighted by Gasteiger charge is -2.26. The molecule has 0 aromatic heterocycles. The summed E-state index contributed by atoms with van der Waals surface area (Å²) in [5.74, 6) is -0.207. The lowest BCUT2D eigenvalue weighted by molar-refractivity contribution is -0.117. The molecule has 2 unspecified atom stereocenters. The zero-order valence-corrected chi connectivity index (χ0v) is 12.0. The molecule has 0 saturated heterocycles. The zero-order chi connectivity index (χ0) is 13.3. The molecule has 0 spiro atoms. The SMILES string of the molecule is CS(=O)CCC1Nc2cc(Br)c(F)cc2NC1=O. The van der Waals surface area contributed by atoms with Crippen molar-refractivity contribution >= 4 is 44.0 Å². The number of hydrogen-bond donors (Lipinski definition) is 2. The van der Waals surface area contributed by atoms with Crippen molar-refractivity contribution in [3.05, 3.63) is 22.4 Å². The molecule has 2 rings (SSSR count). The van der Waals surface area contributed by atoms with Gasteiger partial charge in [-0.15, -0.1) is 0 Å². The van der Waals surface area contributed by atoms with E-state index in [0.717, 1.165) is 0 Å². The second-order valence-electron chi connectivity index (χ2n) is 4.06. The van der Waals surface area contributed by atoms with Gasteiger partial charge in [-0.2, -0.15) is 0 Å². The summed E-state index contributed by atoms with van der Waals surface area (Å²) < 4.78 is 24.7. The van der Waals surface area contributed by atoms with Gasteiger partial charge in [0.15, 0.2) is 0 Å². The molecule has 0 saturated carbocycles. The smallest absolute Gasteiger partial charge is 0.246 e. The number of carbonyl (C=O) groups is 1. The standard InChI is InChI=1S/C11H12BrFN2O2S/c1-18(17)3-2-8-11(16)15-10-5-7(13)6(12)4-9(10)14-8/h4-5,8,14H,2-3H2,1H3,(H,15,16). The first kappa shape index (κ1) is 13.5. The lowest BCUT2D eigenvalue weighted by Crippen LogP contribution is -2.39. The molecule has 0 bridgehead atoms. The third-order valence-corrected chi connectivity index (χ3v) is 4.08. The van der Waals surface area contributed by atoms with Crippen molar-refractivity contribution in [3.63, 3.8) is 0 Å². The maximum atomic E-state index is 13.3. The van der Waals surface area contributed by atoms with Gasteiger partial charge in [0.25, 0.3) is 0 Å². The highest BCUT2D eigenvalue weighted by atomic mass is 79.9. The van der Waals surface area contributed by atoms with E-state index in [9.17, 15) is 13.4 Å². The summed E-state index contributed by atoms with van der Waals surface area (Å²) in [6.45, 7) is 0. The summed E-state index contributed by atoms with van der Waals surface area (Å²) in [6, 6.07) is 2.41. The molecule has 0 radical (unpaired) electrons. The topological polar surface area (TPSA) is 58.2 Å². The van der Waals surface area contributed by atoms with Gasteiger partial charge < -0.3 is 10.6 Å². The Hall–Kier alpha value is -0.950. The van der Waals surface area contributed by atoms with Gasteiger partial charge in [0.1, 0.15) is 11.9 Å². The average molecular weight is 335 g/mol. The van der Waals surface area contributed by atoms with Crippen LogP contribution in [0.25, 0.3) is 0 Å². The van der Waals surface area contributed by atoms with Crippen LogP contribution in [0.15, 0.2) is 16.6 Å². The normalized spacial score (nSPS) is 19.7. The van der Waals surface area contributed by atoms with Crippen LogP contribution in [0.2, 0.25) is 0 Å². The van der Waals surface area contributed by atoms with Crippen molar-refractivity contribution in [2.24, 2.45) is 0 Å². The van der Waals surface area contributed by atoms with E-state index in [1.165, 1.54) is 6.07 Å². The summed E-state index contributed by atoms with van der Waals surface area (Å²) in [4.78, 5) is 11.8. The van der Waals surface area contributed by atoms with Crippen LogP contribution in [0, 0.1) is 5.82 Å². The zero-order valence-electron chi connectivity index (χ0n) is 9.63. The predicted molar refractivity (Wildman–Crippen MR) is 73.7 cm³/mol. The van der Waals surface area contributed by atoms with Crippen molar-refractivity contribution in [2.45, 2.75) is 12.5 Å². The van der Waals surface area contributed by atoms with Crippen LogP contribution in [0.4, 0.5) is 15.8 Å². The third kappa shape index (κ3) is 2.89. The van der Waals surface area contributed by atoms with Crippen molar-refractivity contribution in [2.75, 3.05) is 22.6 Å². The first-order valence-corrected chi connectivity index (χ1v) is 7.86. The van der Waals surface area contributed by atoms with E-state index in [2.05, 4.69) is 26.6 Å². The van der Waals surface area contributed by atoms with Crippen molar-refractivity contribution in [3.8, 4) is 0 Å². The fourth-order valence-corrected chi connectivity index (χ4v) is 2.64. The monoisotopic (exact) mass is 334 g/mol. The molecule has 1 aliphatic rings. The molecular weight excluding hydrogens is 323 g/mol. The Morgan fingerprint density at radius 3 is 2.83 bits per heavy atom. The minimum absolute atomic E-state index is 0.227. The second-order valence-corrected chi connectivity index (χ2v) is 6.47. The fourth-order valence-electron chi connectivity index (χ4n) is 1.73. The number of carbonyl (C=O) groups excluding carboxylic acids is 1. The summed E-state index contributed by atoms with van der Waals surface area (Å²) in [6.07, 6.45) is 2.07. The summed E-state index contributed by atoms with van der Waals surface area (Å²) >= 11 is 3.10. The van der Waals surface area contributed by atoms with Gasteiger partial charge in [-0.25, -0.2) is 4.39 Å². The number of nitrogens with one attached hydrogen (secondary N) is 2. The number of rotatable bonds is 3. The highest BCUT2D eigenvalue weighted by Gasteiger charge is 2.26. The van der Waals surface area contributed by atoms with E-state index in [1.807, 2.05) is 0 Å². The maximum absolute atomic E-state index is 13.3. The van der Waals surface area contributed by atoms with Crippen LogP contribution in [0.5, 0.6) is 0 Å². The minimum Gasteiger partial charge on any atom is -0.372 e. The number of benzene rings is 1. The van der Waals surface area contributed by atoms with Crippen LogP contribution >= 0.6 is 15.9 Å². The Morgan fingerprint density at radius 2 is 2.17 bits per heavy atom. The molecule has 2 N–H and O–H groups in total. The van der Waals surface area contributed by atoms with Gasteiger partial charge in [-0.05, 0) is 28.4 Å². The number of halogens is 2. The van der Waals surface area contributed by atoms with Crippen molar-refractivity contribution in [1.82, 2.24) is 0 Å². The molecule has 1 aromatic rings. The van der Waals surface area contributed by atoms with Crippen LogP contribution in [-0.4, -0.2) is 28.2 Å². The Bertz CT molecular complexity index is 524. The molecule has 2 atom stereocenters. The molecule has 0 fully saturated rings. The van der Waals surface area contributed by atoms with E-state index >= 15 is 0 Å². The Balaban J connectivity index is 2.19. The maximum Gasteiger partial charge on any atom is 0.246 e. The van der Waals surface area contributed by atoms with Gasteiger partial charge in [-0.1, -0.05) is 0 Å². The van der Waals surface area contributed by atoms with Crippen molar-refractivity contribution in [1.29, 1.82) is 0 Å².